The first-order valence-corrected chi connectivity index (χ1v) is 0. The van der Waals surface area contributed by atoms with Crippen molar-refractivity contribution in [3.05, 3.63) is 0 Å². The molecule has 0 amide bonds. The van der Waals surface area contributed by atoms with Crippen molar-refractivity contribution in [3.63, 3.8) is 0 Å². The monoisotopic (exact) mass is 230 g/mol. The summed E-state index contributed by atoms with van der Waals surface area (Å²) < 4.78 is 0. The Balaban J connectivity index is 0. The molecule has 0 aliphatic rings. The minimum atomic E-state index is 0. The van der Waals surface area contributed by atoms with E-state index in [2.05, 4.69) is 0 Å². The molecule has 0 rings (SSSR count). The van der Waals surface area contributed by atoms with Gasteiger partial charge in [-0.15, -0.1) is 0 Å². The van der Waals surface area contributed by atoms with E-state index in [4.69, 9.17) is 0 Å². The van der Waals surface area contributed by atoms with Crippen LogP contribution in [0, 0.1) is 0 Å². The van der Waals surface area contributed by atoms with Crippen molar-refractivity contribution < 1.29 is 51.2 Å². The van der Waals surface area contributed by atoms with Gasteiger partial charge in [0.2, 0.25) is 0 Å². The molecule has 0 spiro atoms. The van der Waals surface area contributed by atoms with Crippen LogP contribution in [-0.2, 0) is 51.2 Å². The van der Waals surface area contributed by atoms with Gasteiger partial charge in [-0.25, -0.2) is 0 Å². The maximum atomic E-state index is 0. The van der Waals surface area contributed by atoms with Crippen LogP contribution in [-0.4, -0.2) is 46.2 Å². The van der Waals surface area contributed by atoms with Gasteiger partial charge in [-0.3, -0.25) is 0 Å². The second-order valence-corrected chi connectivity index (χ2v) is 0. The third-order valence-electron chi connectivity index (χ3n) is 0. The molecule has 0 aliphatic carbocycles. The van der Waals surface area contributed by atoms with Gasteiger partial charge in [0.25, 0.3) is 0 Å². The topological polar surface area (TPSA) is 0 Å². The Morgan fingerprint density at radius 2 is 1.00 bits per heavy atom. The third-order valence-corrected chi connectivity index (χ3v) is 0. The van der Waals surface area contributed by atoms with Crippen LogP contribution in [0.25, 0.3) is 0 Å². The molecule has 0 N–H and O–H groups in total. The SMILES string of the molecule is B.[CaH2].[Cu].[Fe].[Mn]. The zero-order chi connectivity index (χ0) is 0. The molecule has 0 atom stereocenters. The van der Waals surface area contributed by atoms with Crippen molar-refractivity contribution in [1.29, 1.82) is 0 Å². The average molecular weight is 230 g/mol. The van der Waals surface area contributed by atoms with Crippen molar-refractivity contribution in [2.75, 3.05) is 0 Å². The predicted octanol–water partition coefficient (Wildman–Crippen LogP) is -2.11. The average Bonchev–Trinajstić information content (AvgIpc) is 0. The molecule has 0 aromatic carbocycles. The molecule has 0 fully saturated rings. The fourth-order valence-electron chi connectivity index (χ4n) is 0. The van der Waals surface area contributed by atoms with E-state index in [1.54, 1.807) is 0 Å². The standard InChI is InChI=1S/BH3.Ca.Cu.Fe.Mn.2H/h1H3;;;;;;. The third kappa shape index (κ3) is 19.7. The molecule has 0 nitrogen and oxygen atoms in total. The van der Waals surface area contributed by atoms with Crippen molar-refractivity contribution >= 4 is 46.2 Å². The van der Waals surface area contributed by atoms with Crippen molar-refractivity contribution in [3.8, 4) is 0 Å². The van der Waals surface area contributed by atoms with Crippen LogP contribution >= 0.6 is 0 Å². The smallest absolute Gasteiger partial charge is 0 e. The predicted molar refractivity (Wildman–Crippen MR) is 18.5 cm³/mol. The van der Waals surface area contributed by atoms with E-state index in [-0.39, 0.29) is 97.4 Å². The Morgan fingerprint density at radius 1 is 1.00 bits per heavy atom. The van der Waals surface area contributed by atoms with E-state index in [0.717, 1.165) is 0 Å². The first kappa shape index (κ1) is 44.9. The van der Waals surface area contributed by atoms with E-state index >= 15 is 0 Å². The van der Waals surface area contributed by atoms with Gasteiger partial charge in [0.05, 0.1) is 8.41 Å². The molecule has 0 heterocycles. The summed E-state index contributed by atoms with van der Waals surface area (Å²) in [5.74, 6) is 0. The molecule has 5 heteroatoms. The molecule has 36 valence electrons. The molecule has 0 saturated carbocycles. The van der Waals surface area contributed by atoms with Crippen LogP contribution in [0.4, 0.5) is 0 Å². The largest absolute Gasteiger partial charge is 0 e. The first-order chi connectivity index (χ1) is 0. The van der Waals surface area contributed by atoms with Gasteiger partial charge < -0.3 is 0 Å². The minimum Gasteiger partial charge on any atom is 0 e. The summed E-state index contributed by atoms with van der Waals surface area (Å²) in [6.45, 7) is 0. The summed E-state index contributed by atoms with van der Waals surface area (Å²) >= 11 is 0. The van der Waals surface area contributed by atoms with Gasteiger partial charge in [0.1, 0.15) is 0 Å². The fourth-order valence-corrected chi connectivity index (χ4v) is 0. The maximum absolute atomic E-state index is 0. The molecule has 5 heavy (non-hydrogen) atoms. The Morgan fingerprint density at radius 3 is 1.00 bits per heavy atom. The molecular formula is H5BCaCuFeMn. The van der Waals surface area contributed by atoms with E-state index in [1.807, 2.05) is 0 Å². The van der Waals surface area contributed by atoms with Gasteiger partial charge in [-0.05, 0) is 0 Å². The van der Waals surface area contributed by atoms with Crippen LogP contribution in [0.3, 0.4) is 0 Å². The molecule has 0 aliphatic heterocycles. The fraction of sp³-hybridized carbons (Fsp3) is 0. The molecule has 0 bridgehead atoms. The van der Waals surface area contributed by atoms with Crippen LogP contribution < -0.4 is 0 Å². The zero-order valence-electron chi connectivity index (χ0n) is 1.03. The quantitative estimate of drug-likeness (QED) is 0.418. The summed E-state index contributed by atoms with van der Waals surface area (Å²) in [4.78, 5) is 0. The summed E-state index contributed by atoms with van der Waals surface area (Å²) in [5.41, 5.74) is 0. The second-order valence-electron chi connectivity index (χ2n) is 0. The minimum absolute atomic E-state index is 0. The van der Waals surface area contributed by atoms with Gasteiger partial charge in [0, 0.05) is 51.2 Å². The Labute approximate surface area is 95.6 Å². The Kier molecular flexibility index (Phi) is 258. The van der Waals surface area contributed by atoms with E-state index in [9.17, 15) is 0 Å². The van der Waals surface area contributed by atoms with Gasteiger partial charge in [-0.1, -0.05) is 0 Å². The van der Waals surface area contributed by atoms with Gasteiger partial charge in [0.15, 0.2) is 0 Å². The van der Waals surface area contributed by atoms with Crippen LogP contribution in [0.5, 0.6) is 0 Å². The molecule has 2 radical (unpaired) electrons. The summed E-state index contributed by atoms with van der Waals surface area (Å²) in [6.07, 6.45) is 0. The summed E-state index contributed by atoms with van der Waals surface area (Å²) in [7, 11) is 0. The number of hydrogen-bond donors (Lipinski definition) is 0. The Hall–Kier alpha value is 2.88. The van der Waals surface area contributed by atoms with Crippen molar-refractivity contribution in [2.24, 2.45) is 0 Å². The van der Waals surface area contributed by atoms with Crippen molar-refractivity contribution in [1.82, 2.24) is 0 Å². The molecule has 0 unspecified atom stereocenters. The number of hydrogen-bond acceptors (Lipinski definition) is 0. The van der Waals surface area contributed by atoms with Crippen LogP contribution in [0.15, 0.2) is 0 Å². The summed E-state index contributed by atoms with van der Waals surface area (Å²) in [5, 5.41) is 0. The maximum Gasteiger partial charge on any atom is 0 e. The van der Waals surface area contributed by atoms with Gasteiger partial charge in [-0.2, -0.15) is 0 Å². The first-order valence-electron chi connectivity index (χ1n) is 0. The zero-order valence-corrected chi connectivity index (χ0v) is 4.26. The van der Waals surface area contributed by atoms with Crippen molar-refractivity contribution in [2.45, 2.75) is 0 Å². The molecule has 0 aromatic heterocycles. The number of rotatable bonds is 0. The summed E-state index contributed by atoms with van der Waals surface area (Å²) in [6, 6.07) is 0. The normalized spacial score (nSPS) is 0. The Bertz CT molecular complexity index is 11.6. The van der Waals surface area contributed by atoms with Crippen LogP contribution in [0.2, 0.25) is 0 Å². The van der Waals surface area contributed by atoms with E-state index < -0.39 is 0 Å². The second kappa shape index (κ2) is 28.7. The van der Waals surface area contributed by atoms with Gasteiger partial charge >= 0.3 is 37.7 Å². The van der Waals surface area contributed by atoms with E-state index in [1.165, 1.54) is 0 Å². The molecule has 0 aromatic rings. The molecular weight excluding hydrogens is 225 g/mol. The molecule has 0 saturated heterocycles. The van der Waals surface area contributed by atoms with Crippen LogP contribution in [0.1, 0.15) is 0 Å². The van der Waals surface area contributed by atoms with E-state index in [0.29, 0.717) is 0 Å².